The molecule has 2 aromatic rings. The molecule has 0 fully saturated rings. The lowest BCUT2D eigenvalue weighted by atomic mass is 10.0. The van der Waals surface area contributed by atoms with Gasteiger partial charge in [-0.3, -0.25) is 0 Å². The monoisotopic (exact) mass is 328 g/mol. The van der Waals surface area contributed by atoms with E-state index >= 15 is 0 Å². The second-order valence-corrected chi connectivity index (χ2v) is 5.84. The van der Waals surface area contributed by atoms with Crippen molar-refractivity contribution in [2.45, 2.75) is 45.3 Å². The van der Waals surface area contributed by atoms with Gasteiger partial charge in [0.1, 0.15) is 12.4 Å². The average molecular weight is 328 g/mol. The van der Waals surface area contributed by atoms with E-state index in [0.29, 0.717) is 11.3 Å². The van der Waals surface area contributed by atoms with Crippen LogP contribution in [0.5, 0.6) is 5.75 Å². The Hall–Kier alpha value is -2.33. The van der Waals surface area contributed by atoms with E-state index < -0.39 is 12.1 Å². The first-order chi connectivity index (χ1) is 11.6. The fourth-order valence-corrected chi connectivity index (χ4v) is 2.58. The van der Waals surface area contributed by atoms with Gasteiger partial charge in [-0.15, -0.1) is 0 Å². The van der Waals surface area contributed by atoms with Crippen LogP contribution >= 0.6 is 0 Å². The SMILES string of the molecule is CCCCC[C@@H](O)c1cccc(OCc2ccccc2C(=O)O)c1. The molecule has 0 heterocycles. The quantitative estimate of drug-likeness (QED) is 0.661. The number of hydrogen-bond donors (Lipinski definition) is 2. The van der Waals surface area contributed by atoms with Crippen LogP contribution in [0, 0.1) is 0 Å². The van der Waals surface area contributed by atoms with Crippen LogP contribution in [0.4, 0.5) is 0 Å². The summed E-state index contributed by atoms with van der Waals surface area (Å²) in [6.45, 7) is 2.31. The summed E-state index contributed by atoms with van der Waals surface area (Å²) >= 11 is 0. The third-order valence-corrected chi connectivity index (χ3v) is 3.97. The summed E-state index contributed by atoms with van der Waals surface area (Å²) in [4.78, 5) is 11.2. The lowest BCUT2D eigenvalue weighted by Crippen LogP contribution is -2.05. The van der Waals surface area contributed by atoms with Gasteiger partial charge in [-0.25, -0.2) is 4.79 Å². The Labute approximate surface area is 142 Å². The molecule has 0 unspecified atom stereocenters. The van der Waals surface area contributed by atoms with Crippen LogP contribution in [0.2, 0.25) is 0 Å². The number of aliphatic hydroxyl groups is 1. The molecule has 0 spiro atoms. The first-order valence-electron chi connectivity index (χ1n) is 8.34. The Bertz CT molecular complexity index is 666. The zero-order chi connectivity index (χ0) is 17.4. The summed E-state index contributed by atoms with van der Waals surface area (Å²) in [7, 11) is 0. The van der Waals surface area contributed by atoms with Crippen molar-refractivity contribution in [2.75, 3.05) is 0 Å². The highest BCUT2D eigenvalue weighted by molar-refractivity contribution is 5.89. The average Bonchev–Trinajstić information content (AvgIpc) is 2.60. The molecule has 0 bridgehead atoms. The number of aliphatic hydroxyl groups excluding tert-OH is 1. The van der Waals surface area contributed by atoms with Gasteiger partial charge < -0.3 is 14.9 Å². The summed E-state index contributed by atoms with van der Waals surface area (Å²) in [5, 5.41) is 19.4. The standard InChI is InChI=1S/C20H24O4/c1-2-3-4-12-19(21)15-9-7-10-17(13-15)24-14-16-8-5-6-11-18(16)20(22)23/h5-11,13,19,21H,2-4,12,14H2,1H3,(H,22,23)/t19-/m1/s1. The van der Waals surface area contributed by atoms with Crippen molar-refractivity contribution >= 4 is 5.97 Å². The molecule has 0 aliphatic heterocycles. The number of aromatic carboxylic acids is 1. The minimum absolute atomic E-state index is 0.178. The molecule has 0 amide bonds. The molecule has 2 rings (SSSR count). The van der Waals surface area contributed by atoms with E-state index in [1.54, 1.807) is 24.3 Å². The summed E-state index contributed by atoms with van der Waals surface area (Å²) in [5.41, 5.74) is 1.70. The lowest BCUT2D eigenvalue weighted by Gasteiger charge is -2.13. The molecule has 0 aliphatic rings. The molecule has 0 aliphatic carbocycles. The Morgan fingerprint density at radius 2 is 1.92 bits per heavy atom. The smallest absolute Gasteiger partial charge is 0.336 e. The largest absolute Gasteiger partial charge is 0.489 e. The maximum atomic E-state index is 11.2. The molecule has 0 saturated carbocycles. The highest BCUT2D eigenvalue weighted by Crippen LogP contribution is 2.24. The Morgan fingerprint density at radius 3 is 2.67 bits per heavy atom. The fourth-order valence-electron chi connectivity index (χ4n) is 2.58. The predicted octanol–water partition coefficient (Wildman–Crippen LogP) is 4.58. The van der Waals surface area contributed by atoms with Gasteiger partial charge in [0.25, 0.3) is 0 Å². The number of carboxylic acid groups (broad SMARTS) is 1. The zero-order valence-corrected chi connectivity index (χ0v) is 13.9. The molecule has 0 radical (unpaired) electrons. The maximum absolute atomic E-state index is 11.2. The van der Waals surface area contributed by atoms with Crippen molar-refractivity contribution in [3.05, 3.63) is 65.2 Å². The zero-order valence-electron chi connectivity index (χ0n) is 13.9. The van der Waals surface area contributed by atoms with Crippen molar-refractivity contribution in [1.29, 1.82) is 0 Å². The van der Waals surface area contributed by atoms with E-state index in [0.717, 1.165) is 31.2 Å². The Balaban J connectivity index is 2.01. The molecular weight excluding hydrogens is 304 g/mol. The summed E-state index contributed by atoms with van der Waals surface area (Å²) in [5.74, 6) is -0.337. The second kappa shape index (κ2) is 9.08. The van der Waals surface area contributed by atoms with Crippen LogP contribution in [0.25, 0.3) is 0 Å². The van der Waals surface area contributed by atoms with Crippen molar-refractivity contribution < 1.29 is 19.7 Å². The van der Waals surface area contributed by atoms with E-state index in [-0.39, 0.29) is 12.2 Å². The molecule has 2 N–H and O–H groups in total. The van der Waals surface area contributed by atoms with Crippen molar-refractivity contribution in [3.8, 4) is 5.75 Å². The van der Waals surface area contributed by atoms with Crippen molar-refractivity contribution in [1.82, 2.24) is 0 Å². The van der Waals surface area contributed by atoms with Crippen molar-refractivity contribution in [2.24, 2.45) is 0 Å². The first-order valence-corrected chi connectivity index (χ1v) is 8.34. The normalized spacial score (nSPS) is 11.9. The van der Waals surface area contributed by atoms with E-state index in [1.165, 1.54) is 0 Å². The van der Waals surface area contributed by atoms with Crippen LogP contribution in [0.15, 0.2) is 48.5 Å². The highest BCUT2D eigenvalue weighted by Gasteiger charge is 2.11. The third kappa shape index (κ3) is 5.10. The number of carboxylic acids is 1. The highest BCUT2D eigenvalue weighted by atomic mass is 16.5. The van der Waals surface area contributed by atoms with E-state index in [9.17, 15) is 15.0 Å². The summed E-state index contributed by atoms with van der Waals surface area (Å²) in [6, 6.07) is 14.2. The van der Waals surface area contributed by atoms with Crippen LogP contribution in [0.3, 0.4) is 0 Å². The van der Waals surface area contributed by atoms with Crippen LogP contribution in [0.1, 0.15) is 60.2 Å². The third-order valence-electron chi connectivity index (χ3n) is 3.97. The molecule has 24 heavy (non-hydrogen) atoms. The number of rotatable bonds is 9. The summed E-state index contributed by atoms with van der Waals surface area (Å²) < 4.78 is 5.72. The van der Waals surface area contributed by atoms with Crippen molar-refractivity contribution in [3.63, 3.8) is 0 Å². The number of benzene rings is 2. The Kier molecular flexibility index (Phi) is 6.82. The number of ether oxygens (including phenoxy) is 1. The fraction of sp³-hybridized carbons (Fsp3) is 0.350. The Morgan fingerprint density at radius 1 is 1.12 bits per heavy atom. The predicted molar refractivity (Wildman–Crippen MR) is 93.3 cm³/mol. The van der Waals surface area contributed by atoms with Crippen LogP contribution < -0.4 is 4.74 Å². The number of carbonyl (C=O) groups is 1. The van der Waals surface area contributed by atoms with Gasteiger partial charge in [-0.1, -0.05) is 56.5 Å². The molecule has 2 aromatic carbocycles. The minimum Gasteiger partial charge on any atom is -0.489 e. The van der Waals surface area contributed by atoms with Gasteiger partial charge >= 0.3 is 5.97 Å². The number of hydrogen-bond acceptors (Lipinski definition) is 3. The van der Waals surface area contributed by atoms with Gasteiger partial charge in [0, 0.05) is 5.56 Å². The molecule has 4 heteroatoms. The molecular formula is C20H24O4. The maximum Gasteiger partial charge on any atom is 0.336 e. The molecule has 1 atom stereocenters. The number of unbranched alkanes of at least 4 members (excludes halogenated alkanes) is 2. The van der Waals surface area contributed by atoms with Gasteiger partial charge in [-0.2, -0.15) is 0 Å². The molecule has 0 saturated heterocycles. The van der Waals surface area contributed by atoms with E-state index in [1.807, 2.05) is 24.3 Å². The van der Waals surface area contributed by atoms with Gasteiger partial charge in [0.15, 0.2) is 0 Å². The summed E-state index contributed by atoms with van der Waals surface area (Å²) in [6.07, 6.45) is 3.47. The van der Waals surface area contributed by atoms with Gasteiger partial charge in [0.2, 0.25) is 0 Å². The minimum atomic E-state index is -0.964. The molecule has 128 valence electrons. The van der Waals surface area contributed by atoms with Gasteiger partial charge in [-0.05, 0) is 30.2 Å². The first kappa shape index (κ1) is 18.0. The van der Waals surface area contributed by atoms with E-state index in [2.05, 4.69) is 6.92 Å². The van der Waals surface area contributed by atoms with Crippen LogP contribution in [-0.2, 0) is 6.61 Å². The van der Waals surface area contributed by atoms with Gasteiger partial charge in [0.05, 0.1) is 11.7 Å². The molecule has 4 nitrogen and oxygen atoms in total. The topological polar surface area (TPSA) is 66.8 Å². The van der Waals surface area contributed by atoms with E-state index in [4.69, 9.17) is 4.74 Å². The lowest BCUT2D eigenvalue weighted by molar-refractivity contribution is 0.0694. The van der Waals surface area contributed by atoms with Crippen LogP contribution in [-0.4, -0.2) is 16.2 Å². The molecule has 0 aromatic heterocycles. The second-order valence-electron chi connectivity index (χ2n) is 5.84.